The smallest absolute Gasteiger partial charge is 0.493 e. The van der Waals surface area contributed by atoms with E-state index in [9.17, 15) is 14.4 Å². The summed E-state index contributed by atoms with van der Waals surface area (Å²) in [6.45, 7) is 8.88. The van der Waals surface area contributed by atoms with Gasteiger partial charge in [0.25, 0.3) is 0 Å². The molecule has 2 aromatic heterocycles. The maximum Gasteiger partial charge on any atom is 0.654 e. The predicted octanol–water partition coefficient (Wildman–Crippen LogP) is 1.28. The summed E-state index contributed by atoms with van der Waals surface area (Å²) >= 11 is 0. The predicted molar refractivity (Wildman–Crippen MR) is 119 cm³/mol. The molecule has 0 N–H and O–H groups in total. The first-order valence-electron chi connectivity index (χ1n) is 10.2. The van der Waals surface area contributed by atoms with Crippen molar-refractivity contribution in [3.8, 4) is 0 Å². The van der Waals surface area contributed by atoms with Gasteiger partial charge in [0.15, 0.2) is 5.78 Å². The summed E-state index contributed by atoms with van der Waals surface area (Å²) in [5.41, 5.74) is 1.25. The van der Waals surface area contributed by atoms with E-state index in [0.717, 1.165) is 11.4 Å². The van der Waals surface area contributed by atoms with E-state index in [1.54, 1.807) is 29.8 Å². The van der Waals surface area contributed by atoms with Gasteiger partial charge in [0, 0.05) is 27.0 Å². The Hall–Kier alpha value is -2.50. The minimum absolute atomic E-state index is 0.0225. The van der Waals surface area contributed by atoms with Gasteiger partial charge in [-0.1, -0.05) is 19.6 Å². The molecule has 31 heavy (non-hydrogen) atoms. The second-order valence-electron chi connectivity index (χ2n) is 8.99. The SMILES string of the molecule is CC(=O)c1ccc2cc(B3OC(=O)CN(C)CC(=O)O3)n(COCC[Si](C)(C)C)c2n1. The minimum atomic E-state index is -1.28. The van der Waals surface area contributed by atoms with Crippen LogP contribution in [0.3, 0.4) is 0 Å². The van der Waals surface area contributed by atoms with Crippen LogP contribution in [0.1, 0.15) is 17.4 Å². The van der Waals surface area contributed by atoms with E-state index in [4.69, 9.17) is 14.0 Å². The lowest BCUT2D eigenvalue weighted by Crippen LogP contribution is -2.50. The van der Waals surface area contributed by atoms with Gasteiger partial charge in [-0.2, -0.15) is 0 Å². The Morgan fingerprint density at radius 2 is 1.84 bits per heavy atom. The zero-order chi connectivity index (χ0) is 22.8. The molecule has 2 aromatic rings. The number of ketones is 1. The summed E-state index contributed by atoms with van der Waals surface area (Å²) in [5.74, 6) is -1.18. The number of pyridine rings is 1. The summed E-state index contributed by atoms with van der Waals surface area (Å²) in [6.07, 6.45) is 0. The van der Waals surface area contributed by atoms with Gasteiger partial charge in [-0.05, 0) is 31.3 Å². The fourth-order valence-electron chi connectivity index (χ4n) is 3.16. The standard InChI is InChI=1S/C20H28BN3O6Si/c1-14(25)16-7-6-15-10-17(21-29-18(26)11-23(2)12-19(27)30-21)24(20(15)22-16)13-28-8-9-31(3,4)5/h6-7,10H,8-9,11-13H2,1-5H3. The van der Waals surface area contributed by atoms with E-state index in [0.29, 0.717) is 23.5 Å². The van der Waals surface area contributed by atoms with Crippen molar-refractivity contribution in [1.82, 2.24) is 14.5 Å². The lowest BCUT2D eigenvalue weighted by atomic mass is 9.83. The van der Waals surface area contributed by atoms with Gasteiger partial charge in [0.05, 0.1) is 18.7 Å². The molecule has 9 nitrogen and oxygen atoms in total. The van der Waals surface area contributed by atoms with Crippen molar-refractivity contribution in [3.05, 3.63) is 23.9 Å². The highest BCUT2D eigenvalue weighted by molar-refractivity contribution is 6.76. The minimum Gasteiger partial charge on any atom is -0.493 e. The number of fused-ring (bicyclic) bond motifs is 1. The molecule has 11 heteroatoms. The van der Waals surface area contributed by atoms with Crippen molar-refractivity contribution in [2.45, 2.75) is 39.3 Å². The van der Waals surface area contributed by atoms with Gasteiger partial charge in [-0.25, -0.2) is 4.98 Å². The average molecular weight is 445 g/mol. The molecular formula is C20H28BN3O6Si. The number of hydrogen-bond donors (Lipinski definition) is 0. The topological polar surface area (TPSA) is 100.0 Å². The molecule has 0 atom stereocenters. The molecule has 3 heterocycles. The van der Waals surface area contributed by atoms with Crippen LogP contribution in [0.5, 0.6) is 0 Å². The largest absolute Gasteiger partial charge is 0.654 e. The molecule has 1 fully saturated rings. The van der Waals surface area contributed by atoms with Crippen molar-refractivity contribution >= 4 is 49.5 Å². The van der Waals surface area contributed by atoms with E-state index in [1.807, 2.05) is 0 Å². The highest BCUT2D eigenvalue weighted by atomic mass is 28.3. The van der Waals surface area contributed by atoms with Crippen LogP contribution < -0.4 is 5.59 Å². The Balaban J connectivity index is 1.97. The summed E-state index contributed by atoms with van der Waals surface area (Å²) in [4.78, 5) is 42.3. The molecule has 0 aromatic carbocycles. The zero-order valence-corrected chi connectivity index (χ0v) is 19.6. The number of carbonyl (C=O) groups is 3. The summed E-state index contributed by atoms with van der Waals surface area (Å²) in [5, 5.41) is 0.722. The quantitative estimate of drug-likeness (QED) is 0.357. The maximum absolute atomic E-state index is 12.2. The lowest BCUT2D eigenvalue weighted by Gasteiger charge is -2.23. The van der Waals surface area contributed by atoms with Crippen molar-refractivity contribution in [2.75, 3.05) is 26.7 Å². The summed E-state index contributed by atoms with van der Waals surface area (Å²) < 4.78 is 18.5. The molecule has 3 rings (SSSR count). The first-order chi connectivity index (χ1) is 14.5. The van der Waals surface area contributed by atoms with Crippen LogP contribution in [0.15, 0.2) is 18.2 Å². The Morgan fingerprint density at radius 3 is 2.42 bits per heavy atom. The van der Waals surface area contributed by atoms with Gasteiger partial charge in [-0.15, -0.1) is 0 Å². The van der Waals surface area contributed by atoms with Crippen molar-refractivity contribution in [2.24, 2.45) is 0 Å². The average Bonchev–Trinajstić information content (AvgIpc) is 3.00. The van der Waals surface area contributed by atoms with E-state index < -0.39 is 27.1 Å². The second kappa shape index (κ2) is 9.33. The fraction of sp³-hybridized carbons (Fsp3) is 0.500. The highest BCUT2D eigenvalue weighted by Crippen LogP contribution is 2.16. The lowest BCUT2D eigenvalue weighted by molar-refractivity contribution is -0.145. The number of aromatic nitrogens is 2. The second-order valence-corrected chi connectivity index (χ2v) is 14.6. The molecule has 166 valence electrons. The Morgan fingerprint density at radius 1 is 1.19 bits per heavy atom. The molecule has 1 aliphatic heterocycles. The number of ether oxygens (including phenoxy) is 1. The molecule has 1 saturated heterocycles. The maximum atomic E-state index is 12.2. The first kappa shape index (κ1) is 23.2. The molecule has 0 saturated carbocycles. The van der Waals surface area contributed by atoms with Crippen LogP contribution in [0.2, 0.25) is 25.7 Å². The van der Waals surface area contributed by atoms with Crippen molar-refractivity contribution in [1.29, 1.82) is 0 Å². The number of nitrogens with zero attached hydrogens (tertiary/aromatic N) is 3. The third-order valence-electron chi connectivity index (χ3n) is 4.87. The molecule has 0 aliphatic carbocycles. The number of rotatable bonds is 7. The monoisotopic (exact) mass is 445 g/mol. The van der Waals surface area contributed by atoms with Crippen LogP contribution in [-0.4, -0.2) is 74.1 Å². The summed E-state index contributed by atoms with van der Waals surface area (Å²) in [6, 6.07) is 6.12. The van der Waals surface area contributed by atoms with Gasteiger partial charge in [0.2, 0.25) is 0 Å². The van der Waals surface area contributed by atoms with Crippen LogP contribution >= 0.6 is 0 Å². The summed E-state index contributed by atoms with van der Waals surface area (Å²) in [7, 11) is -0.858. The number of Topliss-reactive ketones (excluding diaryl/α,β-unsaturated/α-hetero) is 1. The number of hydrogen-bond acceptors (Lipinski definition) is 8. The van der Waals surface area contributed by atoms with Crippen molar-refractivity contribution < 1.29 is 28.4 Å². The third-order valence-corrected chi connectivity index (χ3v) is 6.57. The first-order valence-corrected chi connectivity index (χ1v) is 13.9. The van der Waals surface area contributed by atoms with Crippen molar-refractivity contribution in [3.63, 3.8) is 0 Å². The van der Waals surface area contributed by atoms with Crippen LogP contribution in [-0.2, 0) is 30.4 Å². The van der Waals surface area contributed by atoms with Gasteiger partial charge in [-0.3, -0.25) is 19.3 Å². The van der Waals surface area contributed by atoms with E-state index in [2.05, 4.69) is 24.6 Å². The Kier molecular flexibility index (Phi) is 6.97. The van der Waals surface area contributed by atoms with Crippen LogP contribution in [0.4, 0.5) is 0 Å². The molecule has 1 aliphatic rings. The van der Waals surface area contributed by atoms with E-state index in [-0.39, 0.29) is 25.6 Å². The van der Waals surface area contributed by atoms with E-state index in [1.165, 1.54) is 11.8 Å². The van der Waals surface area contributed by atoms with Gasteiger partial charge < -0.3 is 18.6 Å². The Bertz CT molecular complexity index is 983. The number of carbonyl (C=O) groups excluding carboxylic acids is 3. The van der Waals surface area contributed by atoms with Crippen LogP contribution in [0.25, 0.3) is 11.0 Å². The molecule has 0 radical (unpaired) electrons. The zero-order valence-electron chi connectivity index (χ0n) is 18.6. The molecule has 0 amide bonds. The van der Waals surface area contributed by atoms with E-state index >= 15 is 0 Å². The molecule has 0 unspecified atom stereocenters. The fourth-order valence-corrected chi connectivity index (χ4v) is 3.92. The van der Waals surface area contributed by atoms with Gasteiger partial charge >= 0.3 is 19.1 Å². The Labute approximate surface area is 182 Å². The van der Waals surface area contributed by atoms with Gasteiger partial charge in [0.1, 0.15) is 18.1 Å². The molecule has 0 bridgehead atoms. The third kappa shape index (κ3) is 6.02. The molecular weight excluding hydrogens is 417 g/mol. The highest BCUT2D eigenvalue weighted by Gasteiger charge is 2.37. The molecule has 0 spiro atoms. The number of likely N-dealkylation sites (N-methyl/N-ethyl adjacent to an activating group) is 1. The normalized spacial score (nSPS) is 16.1. The van der Waals surface area contributed by atoms with Crippen LogP contribution in [0, 0.1) is 0 Å².